The Balaban J connectivity index is 3.08. The molecular formula is C12H16O3. The van der Waals surface area contributed by atoms with Crippen molar-refractivity contribution in [2.24, 2.45) is 0 Å². The molecule has 82 valence electrons. The van der Waals surface area contributed by atoms with E-state index in [1.165, 1.54) is 0 Å². The minimum atomic E-state index is 0.122. The van der Waals surface area contributed by atoms with Gasteiger partial charge in [-0.25, -0.2) is 0 Å². The Morgan fingerprint density at radius 2 is 2.07 bits per heavy atom. The van der Waals surface area contributed by atoms with Gasteiger partial charge in [0.25, 0.3) is 0 Å². The van der Waals surface area contributed by atoms with Gasteiger partial charge in [-0.3, -0.25) is 4.79 Å². The van der Waals surface area contributed by atoms with Crippen LogP contribution in [0.4, 0.5) is 0 Å². The van der Waals surface area contributed by atoms with Crippen LogP contribution in [-0.2, 0) is 22.6 Å². The average molecular weight is 208 g/mol. The summed E-state index contributed by atoms with van der Waals surface area (Å²) in [5.74, 6) is 0.872. The number of methoxy groups -OCH3 is 2. The summed E-state index contributed by atoms with van der Waals surface area (Å²) < 4.78 is 10.3. The first kappa shape index (κ1) is 11.7. The molecule has 1 aromatic carbocycles. The predicted molar refractivity (Wildman–Crippen MR) is 58.1 cm³/mol. The second kappa shape index (κ2) is 5.51. The van der Waals surface area contributed by atoms with Crippen LogP contribution in [0.25, 0.3) is 0 Å². The Bertz CT molecular complexity index is 345. The van der Waals surface area contributed by atoms with Crippen LogP contribution < -0.4 is 4.74 Å². The maximum Gasteiger partial charge on any atom is 0.134 e. The fourth-order valence-electron chi connectivity index (χ4n) is 1.54. The smallest absolute Gasteiger partial charge is 0.134 e. The summed E-state index contributed by atoms with van der Waals surface area (Å²) in [5, 5.41) is 0. The van der Waals surface area contributed by atoms with E-state index in [0.29, 0.717) is 13.0 Å². The number of rotatable bonds is 5. The normalized spacial score (nSPS) is 10.1. The Morgan fingerprint density at radius 1 is 1.33 bits per heavy atom. The number of benzene rings is 1. The molecule has 0 spiro atoms. The first-order valence-electron chi connectivity index (χ1n) is 4.82. The van der Waals surface area contributed by atoms with Gasteiger partial charge in [0.2, 0.25) is 0 Å². The molecule has 15 heavy (non-hydrogen) atoms. The summed E-state index contributed by atoms with van der Waals surface area (Å²) in [6.45, 7) is 2.07. The zero-order chi connectivity index (χ0) is 11.3. The van der Waals surface area contributed by atoms with Crippen molar-refractivity contribution < 1.29 is 14.3 Å². The van der Waals surface area contributed by atoms with Crippen LogP contribution in [0, 0.1) is 0 Å². The van der Waals surface area contributed by atoms with Crippen molar-refractivity contribution in [1.29, 1.82) is 0 Å². The second-order valence-corrected chi connectivity index (χ2v) is 3.41. The molecule has 1 rings (SSSR count). The summed E-state index contributed by atoms with van der Waals surface area (Å²) >= 11 is 0. The molecule has 3 nitrogen and oxygen atoms in total. The predicted octanol–water partition coefficient (Wildman–Crippen LogP) is 1.97. The van der Waals surface area contributed by atoms with Gasteiger partial charge in [0.15, 0.2) is 0 Å². The Kier molecular flexibility index (Phi) is 4.31. The van der Waals surface area contributed by atoms with Crippen LogP contribution in [0.3, 0.4) is 0 Å². The minimum Gasteiger partial charge on any atom is -0.496 e. The zero-order valence-electron chi connectivity index (χ0n) is 9.37. The van der Waals surface area contributed by atoms with Crippen molar-refractivity contribution in [3.8, 4) is 5.75 Å². The highest BCUT2D eigenvalue weighted by atomic mass is 16.5. The fourth-order valence-corrected chi connectivity index (χ4v) is 1.54. The number of hydrogen-bond acceptors (Lipinski definition) is 3. The third-order valence-electron chi connectivity index (χ3n) is 2.18. The summed E-state index contributed by atoms with van der Waals surface area (Å²) in [4.78, 5) is 11.1. The molecule has 0 atom stereocenters. The Hall–Kier alpha value is -1.35. The van der Waals surface area contributed by atoms with E-state index in [1.807, 2.05) is 18.2 Å². The third-order valence-corrected chi connectivity index (χ3v) is 2.18. The SMILES string of the molecule is COCc1cccc(OC)c1CC(C)=O. The molecule has 0 saturated carbocycles. The Labute approximate surface area is 90.0 Å². The van der Waals surface area contributed by atoms with E-state index in [9.17, 15) is 4.79 Å². The van der Waals surface area contributed by atoms with E-state index in [-0.39, 0.29) is 5.78 Å². The first-order valence-corrected chi connectivity index (χ1v) is 4.82. The molecule has 0 bridgehead atoms. The lowest BCUT2D eigenvalue weighted by Gasteiger charge is -2.12. The number of ether oxygens (including phenoxy) is 2. The van der Waals surface area contributed by atoms with Crippen molar-refractivity contribution in [3.05, 3.63) is 29.3 Å². The highest BCUT2D eigenvalue weighted by Gasteiger charge is 2.10. The maximum atomic E-state index is 11.1. The van der Waals surface area contributed by atoms with Crippen LogP contribution >= 0.6 is 0 Å². The standard InChI is InChI=1S/C12H16O3/c1-9(13)7-11-10(8-14-2)5-4-6-12(11)15-3/h4-6H,7-8H2,1-3H3. The van der Waals surface area contributed by atoms with Gasteiger partial charge in [-0.05, 0) is 18.6 Å². The Morgan fingerprint density at radius 3 is 2.60 bits per heavy atom. The number of ketones is 1. The van der Waals surface area contributed by atoms with Crippen LogP contribution in [-0.4, -0.2) is 20.0 Å². The molecule has 0 amide bonds. The van der Waals surface area contributed by atoms with Gasteiger partial charge in [0.05, 0.1) is 13.7 Å². The van der Waals surface area contributed by atoms with E-state index in [1.54, 1.807) is 21.1 Å². The second-order valence-electron chi connectivity index (χ2n) is 3.41. The molecule has 0 aliphatic heterocycles. The summed E-state index contributed by atoms with van der Waals surface area (Å²) in [7, 11) is 3.24. The monoisotopic (exact) mass is 208 g/mol. The van der Waals surface area contributed by atoms with Crippen molar-refractivity contribution in [2.45, 2.75) is 20.0 Å². The lowest BCUT2D eigenvalue weighted by Crippen LogP contribution is -2.04. The van der Waals surface area contributed by atoms with E-state index >= 15 is 0 Å². The lowest BCUT2D eigenvalue weighted by molar-refractivity contribution is -0.116. The number of Topliss-reactive ketones (excluding diaryl/α,β-unsaturated/α-hetero) is 1. The first-order chi connectivity index (χ1) is 7.19. The van der Waals surface area contributed by atoms with E-state index in [0.717, 1.165) is 16.9 Å². The van der Waals surface area contributed by atoms with Crippen molar-refractivity contribution in [2.75, 3.05) is 14.2 Å². The summed E-state index contributed by atoms with van der Waals surface area (Å²) in [6.07, 6.45) is 0.392. The van der Waals surface area contributed by atoms with E-state index in [2.05, 4.69) is 0 Å². The minimum absolute atomic E-state index is 0.122. The zero-order valence-corrected chi connectivity index (χ0v) is 9.37. The molecule has 0 radical (unpaired) electrons. The fraction of sp³-hybridized carbons (Fsp3) is 0.417. The molecule has 1 aromatic rings. The molecular weight excluding hydrogens is 192 g/mol. The van der Waals surface area contributed by atoms with Gasteiger partial charge in [0, 0.05) is 19.1 Å². The number of hydrogen-bond donors (Lipinski definition) is 0. The van der Waals surface area contributed by atoms with Gasteiger partial charge in [-0.1, -0.05) is 12.1 Å². The molecule has 0 heterocycles. The van der Waals surface area contributed by atoms with Gasteiger partial charge in [-0.15, -0.1) is 0 Å². The van der Waals surface area contributed by atoms with Crippen LogP contribution in [0.2, 0.25) is 0 Å². The van der Waals surface area contributed by atoms with Crippen LogP contribution in [0.1, 0.15) is 18.1 Å². The quantitative estimate of drug-likeness (QED) is 0.742. The average Bonchev–Trinajstić information content (AvgIpc) is 2.20. The molecule has 0 N–H and O–H groups in total. The van der Waals surface area contributed by atoms with E-state index < -0.39 is 0 Å². The molecule has 0 saturated heterocycles. The van der Waals surface area contributed by atoms with E-state index in [4.69, 9.17) is 9.47 Å². The highest BCUT2D eigenvalue weighted by molar-refractivity contribution is 5.79. The number of carbonyl (C=O) groups excluding carboxylic acids is 1. The molecule has 0 aliphatic carbocycles. The summed E-state index contributed by atoms with van der Waals surface area (Å²) in [6, 6.07) is 5.71. The van der Waals surface area contributed by atoms with Gasteiger partial charge in [-0.2, -0.15) is 0 Å². The largest absolute Gasteiger partial charge is 0.496 e. The van der Waals surface area contributed by atoms with Crippen LogP contribution in [0.5, 0.6) is 5.75 Å². The molecule has 0 unspecified atom stereocenters. The van der Waals surface area contributed by atoms with Gasteiger partial charge < -0.3 is 9.47 Å². The summed E-state index contributed by atoms with van der Waals surface area (Å²) in [5.41, 5.74) is 1.93. The number of carbonyl (C=O) groups is 1. The van der Waals surface area contributed by atoms with Crippen molar-refractivity contribution >= 4 is 5.78 Å². The molecule has 0 aromatic heterocycles. The van der Waals surface area contributed by atoms with Crippen molar-refractivity contribution in [3.63, 3.8) is 0 Å². The van der Waals surface area contributed by atoms with Crippen molar-refractivity contribution in [1.82, 2.24) is 0 Å². The molecule has 0 fully saturated rings. The molecule has 0 aliphatic rings. The maximum absolute atomic E-state index is 11.1. The van der Waals surface area contributed by atoms with Gasteiger partial charge in [0.1, 0.15) is 11.5 Å². The highest BCUT2D eigenvalue weighted by Crippen LogP contribution is 2.23. The molecule has 3 heteroatoms. The third kappa shape index (κ3) is 3.06. The van der Waals surface area contributed by atoms with Gasteiger partial charge >= 0.3 is 0 Å². The lowest BCUT2D eigenvalue weighted by atomic mass is 10.0. The topological polar surface area (TPSA) is 35.5 Å². The van der Waals surface area contributed by atoms with Crippen LogP contribution in [0.15, 0.2) is 18.2 Å².